The van der Waals surface area contributed by atoms with Crippen molar-refractivity contribution in [3.05, 3.63) is 67.1 Å². The first-order chi connectivity index (χ1) is 13.8. The van der Waals surface area contributed by atoms with Crippen LogP contribution in [0.5, 0.6) is 0 Å². The van der Waals surface area contributed by atoms with E-state index in [0.717, 1.165) is 37.7 Å². The van der Waals surface area contributed by atoms with Gasteiger partial charge in [-0.2, -0.15) is 0 Å². The molecule has 1 fully saturated rings. The van der Waals surface area contributed by atoms with Crippen LogP contribution in [-0.2, 0) is 0 Å². The molecule has 4 rings (SSSR count). The molecular formula is C20H21N7O. The second-order valence-electron chi connectivity index (χ2n) is 6.38. The molecule has 28 heavy (non-hydrogen) atoms. The van der Waals surface area contributed by atoms with Crippen LogP contribution in [0.3, 0.4) is 0 Å². The Morgan fingerprint density at radius 2 is 1.39 bits per heavy atom. The zero-order chi connectivity index (χ0) is 19.2. The van der Waals surface area contributed by atoms with E-state index in [-0.39, 0.29) is 6.03 Å². The van der Waals surface area contributed by atoms with E-state index in [1.165, 1.54) is 0 Å². The van der Waals surface area contributed by atoms with Gasteiger partial charge in [0.2, 0.25) is 5.95 Å². The Hall–Kier alpha value is -3.68. The van der Waals surface area contributed by atoms with Gasteiger partial charge in [0.1, 0.15) is 5.82 Å². The Balaban J connectivity index is 1.31. The minimum absolute atomic E-state index is 0.327. The van der Waals surface area contributed by atoms with Gasteiger partial charge < -0.3 is 20.4 Å². The molecule has 3 aromatic rings. The Morgan fingerprint density at radius 1 is 0.750 bits per heavy atom. The van der Waals surface area contributed by atoms with Crippen LogP contribution in [-0.4, -0.2) is 47.2 Å². The molecule has 2 aromatic heterocycles. The summed E-state index contributed by atoms with van der Waals surface area (Å²) in [5.41, 5.74) is 1.27. The molecule has 3 heterocycles. The van der Waals surface area contributed by atoms with Gasteiger partial charge in [0.15, 0.2) is 0 Å². The molecule has 2 N–H and O–H groups in total. The van der Waals surface area contributed by atoms with Crippen LogP contribution in [0.1, 0.15) is 0 Å². The topological polar surface area (TPSA) is 86.3 Å². The fraction of sp³-hybridized carbons (Fsp3) is 0.200. The van der Waals surface area contributed by atoms with Gasteiger partial charge in [-0.05, 0) is 24.3 Å². The van der Waals surface area contributed by atoms with Crippen molar-refractivity contribution in [2.24, 2.45) is 0 Å². The summed E-state index contributed by atoms with van der Waals surface area (Å²) in [5, 5.41) is 5.50. The van der Waals surface area contributed by atoms with Gasteiger partial charge in [0.25, 0.3) is 0 Å². The van der Waals surface area contributed by atoms with Gasteiger partial charge in [0.05, 0.1) is 18.1 Å². The van der Waals surface area contributed by atoms with Gasteiger partial charge in [-0.1, -0.05) is 24.3 Å². The van der Waals surface area contributed by atoms with Crippen molar-refractivity contribution >= 4 is 29.2 Å². The number of nitrogens with zero attached hydrogens (tertiary/aromatic N) is 5. The number of hydrogen-bond donors (Lipinski definition) is 2. The van der Waals surface area contributed by atoms with Crippen molar-refractivity contribution in [3.63, 3.8) is 0 Å². The molecule has 0 spiro atoms. The molecule has 8 nitrogen and oxygen atoms in total. The van der Waals surface area contributed by atoms with Crippen molar-refractivity contribution in [3.8, 4) is 0 Å². The van der Waals surface area contributed by atoms with Crippen LogP contribution in [0.25, 0.3) is 0 Å². The van der Waals surface area contributed by atoms with Crippen LogP contribution >= 0.6 is 0 Å². The molecule has 1 aliphatic rings. The van der Waals surface area contributed by atoms with E-state index in [0.29, 0.717) is 11.6 Å². The fourth-order valence-electron chi connectivity index (χ4n) is 3.04. The van der Waals surface area contributed by atoms with E-state index >= 15 is 0 Å². The van der Waals surface area contributed by atoms with E-state index in [9.17, 15) is 4.79 Å². The van der Waals surface area contributed by atoms with Gasteiger partial charge in [-0.3, -0.25) is 0 Å². The predicted octanol–water partition coefficient (Wildman–Crippen LogP) is 2.84. The summed E-state index contributed by atoms with van der Waals surface area (Å²) >= 11 is 0. The molecule has 142 valence electrons. The molecule has 0 unspecified atom stereocenters. The highest BCUT2D eigenvalue weighted by Gasteiger charge is 2.19. The lowest BCUT2D eigenvalue weighted by molar-refractivity contribution is 0.262. The number of benzene rings is 1. The number of hydrogen-bond acceptors (Lipinski definition) is 6. The van der Waals surface area contributed by atoms with Gasteiger partial charge in [-0.25, -0.2) is 19.7 Å². The number of amides is 2. The smallest absolute Gasteiger partial charge is 0.323 e. The third-order valence-electron chi connectivity index (χ3n) is 4.46. The number of rotatable bonds is 4. The van der Waals surface area contributed by atoms with Crippen molar-refractivity contribution < 1.29 is 4.79 Å². The van der Waals surface area contributed by atoms with Crippen LogP contribution in [0.2, 0.25) is 0 Å². The Kier molecular flexibility index (Phi) is 5.28. The van der Waals surface area contributed by atoms with E-state index in [4.69, 9.17) is 0 Å². The summed E-state index contributed by atoms with van der Waals surface area (Å²) < 4.78 is 0. The van der Waals surface area contributed by atoms with E-state index in [1.807, 2.05) is 54.7 Å². The van der Waals surface area contributed by atoms with Crippen molar-refractivity contribution in [2.45, 2.75) is 0 Å². The summed E-state index contributed by atoms with van der Waals surface area (Å²) in [6.07, 6.45) is 5.06. The maximum absolute atomic E-state index is 12.0. The van der Waals surface area contributed by atoms with Crippen LogP contribution in [0.15, 0.2) is 67.1 Å². The summed E-state index contributed by atoms with van der Waals surface area (Å²) in [5.74, 6) is 1.65. The highest BCUT2D eigenvalue weighted by Crippen LogP contribution is 2.16. The van der Waals surface area contributed by atoms with E-state index in [2.05, 4.69) is 35.4 Å². The summed E-state index contributed by atoms with van der Waals surface area (Å²) in [7, 11) is 0. The Morgan fingerprint density at radius 3 is 2.07 bits per heavy atom. The first-order valence-corrected chi connectivity index (χ1v) is 9.14. The molecule has 1 saturated heterocycles. The van der Waals surface area contributed by atoms with Gasteiger partial charge in [-0.15, -0.1) is 0 Å². The van der Waals surface area contributed by atoms with E-state index in [1.54, 1.807) is 12.4 Å². The number of carbonyl (C=O) groups is 1. The molecule has 8 heteroatoms. The van der Waals surface area contributed by atoms with Gasteiger partial charge in [0, 0.05) is 38.1 Å². The summed E-state index contributed by atoms with van der Waals surface area (Å²) in [6, 6.07) is 14.9. The highest BCUT2D eigenvalue weighted by molar-refractivity contribution is 5.99. The number of carbonyl (C=O) groups excluding carboxylic acids is 1. The van der Waals surface area contributed by atoms with Crippen molar-refractivity contribution in [2.75, 3.05) is 46.6 Å². The number of urea groups is 1. The SMILES string of the molecule is O=C(Nc1ccccc1)Nc1cnc(N2CCN(c3ccccn3)CC2)nc1. The maximum Gasteiger partial charge on any atom is 0.323 e. The highest BCUT2D eigenvalue weighted by atomic mass is 16.2. The molecule has 0 atom stereocenters. The fourth-order valence-corrected chi connectivity index (χ4v) is 3.04. The van der Waals surface area contributed by atoms with Crippen LogP contribution < -0.4 is 20.4 Å². The third-order valence-corrected chi connectivity index (χ3v) is 4.46. The standard InChI is InChI=1S/C20H21N7O/c28-20(24-16-6-2-1-3-7-16)25-17-14-22-19(23-15-17)27-12-10-26(11-13-27)18-8-4-5-9-21-18/h1-9,14-15H,10-13H2,(H2,24,25,28). The normalized spacial score (nSPS) is 13.9. The lowest BCUT2D eigenvalue weighted by atomic mass is 10.3. The number of nitrogens with one attached hydrogen (secondary N) is 2. The monoisotopic (exact) mass is 375 g/mol. The number of anilines is 4. The first kappa shape index (κ1) is 17.7. The third kappa shape index (κ3) is 4.35. The number of pyridine rings is 1. The molecule has 0 radical (unpaired) electrons. The molecule has 0 saturated carbocycles. The first-order valence-electron chi connectivity index (χ1n) is 9.14. The quantitative estimate of drug-likeness (QED) is 0.729. The average Bonchev–Trinajstić information content (AvgIpc) is 2.76. The number of piperazine rings is 1. The molecule has 1 aliphatic heterocycles. The molecular weight excluding hydrogens is 354 g/mol. The van der Waals surface area contributed by atoms with Crippen molar-refractivity contribution in [1.82, 2.24) is 15.0 Å². The lowest BCUT2D eigenvalue weighted by Gasteiger charge is -2.35. The molecule has 0 bridgehead atoms. The second kappa shape index (κ2) is 8.34. The molecule has 1 aromatic carbocycles. The zero-order valence-corrected chi connectivity index (χ0v) is 15.3. The molecule has 2 amide bonds. The summed E-state index contributed by atoms with van der Waals surface area (Å²) in [6.45, 7) is 3.36. The number of aromatic nitrogens is 3. The van der Waals surface area contributed by atoms with Crippen molar-refractivity contribution in [1.29, 1.82) is 0 Å². The minimum atomic E-state index is -0.327. The summed E-state index contributed by atoms with van der Waals surface area (Å²) in [4.78, 5) is 29.6. The maximum atomic E-state index is 12.0. The van der Waals surface area contributed by atoms with Crippen LogP contribution in [0, 0.1) is 0 Å². The Bertz CT molecular complexity index is 895. The largest absolute Gasteiger partial charge is 0.353 e. The predicted molar refractivity (Wildman–Crippen MR) is 110 cm³/mol. The second-order valence-corrected chi connectivity index (χ2v) is 6.38. The molecule has 0 aliphatic carbocycles. The zero-order valence-electron chi connectivity index (χ0n) is 15.3. The average molecular weight is 375 g/mol. The Labute approximate surface area is 163 Å². The van der Waals surface area contributed by atoms with Crippen LogP contribution in [0.4, 0.5) is 27.9 Å². The number of para-hydroxylation sites is 1. The van der Waals surface area contributed by atoms with E-state index < -0.39 is 0 Å². The minimum Gasteiger partial charge on any atom is -0.353 e. The van der Waals surface area contributed by atoms with Gasteiger partial charge >= 0.3 is 6.03 Å². The lowest BCUT2D eigenvalue weighted by Crippen LogP contribution is -2.47.